The maximum absolute atomic E-state index is 13.1. The number of amides is 1. The Morgan fingerprint density at radius 3 is 2.68 bits per heavy atom. The number of hydrogen-bond donors (Lipinski definition) is 1. The van der Waals surface area contributed by atoms with Gasteiger partial charge in [0.15, 0.2) is 0 Å². The van der Waals surface area contributed by atoms with Crippen LogP contribution in [0.5, 0.6) is 0 Å². The zero-order chi connectivity index (χ0) is 20.3. The van der Waals surface area contributed by atoms with E-state index >= 15 is 0 Å². The highest BCUT2D eigenvalue weighted by Gasteiger charge is 2.33. The van der Waals surface area contributed by atoms with Crippen molar-refractivity contribution in [3.8, 4) is 0 Å². The summed E-state index contributed by atoms with van der Waals surface area (Å²) in [6, 6.07) is 13.7. The SMILES string of the molecule is CC[C@@H](C(=O)N[C@H]1CCCc2ccccc21)N(c1cccc(Cl)c1)S(C)(=O)=O. The third kappa shape index (κ3) is 4.50. The number of benzene rings is 2. The van der Waals surface area contributed by atoms with E-state index in [0.29, 0.717) is 17.1 Å². The number of hydrogen-bond acceptors (Lipinski definition) is 3. The van der Waals surface area contributed by atoms with Crippen LogP contribution in [0.2, 0.25) is 5.02 Å². The van der Waals surface area contributed by atoms with Crippen molar-refractivity contribution in [2.45, 2.75) is 44.7 Å². The van der Waals surface area contributed by atoms with Crippen molar-refractivity contribution in [2.75, 3.05) is 10.6 Å². The molecule has 2 aromatic rings. The Bertz CT molecular complexity index is 962. The molecule has 0 spiro atoms. The summed E-state index contributed by atoms with van der Waals surface area (Å²) in [7, 11) is -3.68. The highest BCUT2D eigenvalue weighted by molar-refractivity contribution is 7.92. The van der Waals surface area contributed by atoms with Crippen LogP contribution in [0.4, 0.5) is 5.69 Å². The summed E-state index contributed by atoms with van der Waals surface area (Å²) in [6.45, 7) is 1.81. The number of fused-ring (bicyclic) bond motifs is 1. The normalized spacial score (nSPS) is 17.5. The van der Waals surface area contributed by atoms with E-state index in [9.17, 15) is 13.2 Å². The van der Waals surface area contributed by atoms with Crippen molar-refractivity contribution in [3.63, 3.8) is 0 Å². The van der Waals surface area contributed by atoms with Gasteiger partial charge in [-0.2, -0.15) is 0 Å². The highest BCUT2D eigenvalue weighted by Crippen LogP contribution is 2.30. The van der Waals surface area contributed by atoms with Gasteiger partial charge in [-0.1, -0.05) is 48.9 Å². The maximum Gasteiger partial charge on any atom is 0.244 e. The molecule has 5 nitrogen and oxygen atoms in total. The number of carbonyl (C=O) groups is 1. The second-order valence-electron chi connectivity index (χ2n) is 7.11. The lowest BCUT2D eigenvalue weighted by molar-refractivity contribution is -0.123. The van der Waals surface area contributed by atoms with Crippen LogP contribution in [-0.2, 0) is 21.2 Å². The van der Waals surface area contributed by atoms with Crippen LogP contribution in [0, 0.1) is 0 Å². The molecular formula is C21H25ClN2O3S. The van der Waals surface area contributed by atoms with Crippen molar-refractivity contribution in [1.29, 1.82) is 0 Å². The standard InChI is InChI=1S/C21H25ClN2O3S/c1-3-20(24(28(2,26)27)17-11-7-10-16(22)14-17)21(25)23-19-13-6-9-15-8-4-5-12-18(15)19/h4-5,7-8,10-12,14,19-20H,3,6,9,13H2,1-2H3,(H,23,25)/t19-,20-/m0/s1. The molecule has 2 atom stereocenters. The van der Waals surface area contributed by atoms with E-state index in [2.05, 4.69) is 11.4 Å². The van der Waals surface area contributed by atoms with Gasteiger partial charge in [-0.15, -0.1) is 0 Å². The minimum Gasteiger partial charge on any atom is -0.347 e. The van der Waals surface area contributed by atoms with E-state index in [1.54, 1.807) is 24.3 Å². The van der Waals surface area contributed by atoms with Crippen LogP contribution in [0.15, 0.2) is 48.5 Å². The van der Waals surface area contributed by atoms with Crippen LogP contribution in [0.25, 0.3) is 0 Å². The number of halogens is 1. The van der Waals surface area contributed by atoms with Gasteiger partial charge in [0.1, 0.15) is 6.04 Å². The van der Waals surface area contributed by atoms with Crippen LogP contribution >= 0.6 is 11.6 Å². The molecule has 3 rings (SSSR count). The molecule has 0 radical (unpaired) electrons. The molecule has 1 amide bonds. The lowest BCUT2D eigenvalue weighted by atomic mass is 9.87. The maximum atomic E-state index is 13.1. The molecule has 0 heterocycles. The molecule has 7 heteroatoms. The Hall–Kier alpha value is -2.05. The van der Waals surface area contributed by atoms with E-state index in [0.717, 1.165) is 31.1 Å². The van der Waals surface area contributed by atoms with Crippen LogP contribution < -0.4 is 9.62 Å². The van der Waals surface area contributed by atoms with E-state index < -0.39 is 16.1 Å². The van der Waals surface area contributed by atoms with Crippen LogP contribution in [0.1, 0.15) is 43.4 Å². The zero-order valence-electron chi connectivity index (χ0n) is 16.1. The Morgan fingerprint density at radius 2 is 2.00 bits per heavy atom. The Morgan fingerprint density at radius 1 is 1.25 bits per heavy atom. The molecular weight excluding hydrogens is 396 g/mol. The first-order valence-corrected chi connectivity index (χ1v) is 11.7. The molecule has 1 N–H and O–H groups in total. The predicted octanol–water partition coefficient (Wildman–Crippen LogP) is 4.08. The van der Waals surface area contributed by atoms with Gasteiger partial charge >= 0.3 is 0 Å². The number of aryl methyl sites for hydroxylation is 1. The summed E-state index contributed by atoms with van der Waals surface area (Å²) >= 11 is 6.06. The van der Waals surface area contributed by atoms with Crippen molar-refractivity contribution in [3.05, 3.63) is 64.7 Å². The quantitative estimate of drug-likeness (QED) is 0.765. The Balaban J connectivity index is 1.90. The van der Waals surface area contributed by atoms with Crippen molar-refractivity contribution < 1.29 is 13.2 Å². The number of carbonyl (C=O) groups excluding carboxylic acids is 1. The summed E-state index contributed by atoms with van der Waals surface area (Å²) in [4.78, 5) is 13.1. The Kier molecular flexibility index (Phi) is 6.30. The monoisotopic (exact) mass is 420 g/mol. The second-order valence-corrected chi connectivity index (χ2v) is 9.41. The minimum absolute atomic E-state index is 0.104. The molecule has 0 unspecified atom stereocenters. The summed E-state index contributed by atoms with van der Waals surface area (Å²) in [6.07, 6.45) is 4.29. The number of nitrogens with one attached hydrogen (secondary N) is 1. The second kappa shape index (κ2) is 8.53. The summed E-state index contributed by atoms with van der Waals surface area (Å²) < 4.78 is 26.3. The molecule has 28 heavy (non-hydrogen) atoms. The minimum atomic E-state index is -3.68. The predicted molar refractivity (Wildman–Crippen MR) is 113 cm³/mol. The van der Waals surface area contributed by atoms with E-state index in [1.165, 1.54) is 9.87 Å². The molecule has 0 saturated heterocycles. The van der Waals surface area contributed by atoms with Crippen LogP contribution in [0.3, 0.4) is 0 Å². The summed E-state index contributed by atoms with van der Waals surface area (Å²) in [5.41, 5.74) is 2.74. The topological polar surface area (TPSA) is 66.5 Å². The van der Waals surface area contributed by atoms with Crippen molar-refractivity contribution in [2.24, 2.45) is 0 Å². The van der Waals surface area contributed by atoms with Crippen LogP contribution in [-0.4, -0.2) is 26.6 Å². The van der Waals surface area contributed by atoms with Gasteiger partial charge in [0.05, 0.1) is 18.0 Å². The molecule has 0 bridgehead atoms. The molecule has 150 valence electrons. The third-order valence-corrected chi connectivity index (χ3v) is 6.49. The first-order chi connectivity index (χ1) is 13.3. The fraction of sp³-hybridized carbons (Fsp3) is 0.381. The van der Waals surface area contributed by atoms with Gasteiger partial charge in [-0.05, 0) is 55.0 Å². The van der Waals surface area contributed by atoms with Gasteiger partial charge in [0.25, 0.3) is 0 Å². The number of sulfonamides is 1. The van der Waals surface area contributed by atoms with Crippen molar-refractivity contribution in [1.82, 2.24) is 5.32 Å². The molecule has 0 aliphatic heterocycles. The Labute approximate surface area is 171 Å². The average molecular weight is 421 g/mol. The number of anilines is 1. The first-order valence-electron chi connectivity index (χ1n) is 9.44. The fourth-order valence-corrected chi connectivity index (χ4v) is 5.23. The van der Waals surface area contributed by atoms with Gasteiger partial charge < -0.3 is 5.32 Å². The molecule has 0 fully saturated rings. The summed E-state index contributed by atoms with van der Waals surface area (Å²) in [5.74, 6) is -0.297. The molecule has 0 saturated carbocycles. The summed E-state index contributed by atoms with van der Waals surface area (Å²) in [5, 5.41) is 3.50. The third-order valence-electron chi connectivity index (χ3n) is 5.08. The smallest absolute Gasteiger partial charge is 0.244 e. The lowest BCUT2D eigenvalue weighted by Crippen LogP contribution is -2.50. The molecule has 1 aliphatic carbocycles. The molecule has 2 aromatic carbocycles. The molecule has 0 aromatic heterocycles. The van der Waals surface area contributed by atoms with Crippen molar-refractivity contribution >= 4 is 33.2 Å². The lowest BCUT2D eigenvalue weighted by Gasteiger charge is -2.33. The number of nitrogens with zero attached hydrogens (tertiary/aromatic N) is 1. The van der Waals surface area contributed by atoms with E-state index in [1.807, 2.05) is 25.1 Å². The zero-order valence-corrected chi connectivity index (χ0v) is 17.6. The van der Waals surface area contributed by atoms with Gasteiger partial charge in [0.2, 0.25) is 15.9 Å². The fourth-order valence-electron chi connectivity index (χ4n) is 3.85. The van der Waals surface area contributed by atoms with E-state index in [4.69, 9.17) is 11.6 Å². The highest BCUT2D eigenvalue weighted by atomic mass is 35.5. The van der Waals surface area contributed by atoms with Gasteiger partial charge in [-0.25, -0.2) is 8.42 Å². The van der Waals surface area contributed by atoms with E-state index in [-0.39, 0.29) is 11.9 Å². The average Bonchev–Trinajstić information content (AvgIpc) is 2.65. The number of rotatable bonds is 6. The van der Waals surface area contributed by atoms with Gasteiger partial charge in [0, 0.05) is 5.02 Å². The largest absolute Gasteiger partial charge is 0.347 e. The first kappa shape index (κ1) is 20.7. The van der Waals surface area contributed by atoms with Gasteiger partial charge in [-0.3, -0.25) is 9.10 Å². The molecule has 1 aliphatic rings.